The number of rotatable bonds is 7. The van der Waals surface area contributed by atoms with Crippen LogP contribution in [0.5, 0.6) is 5.75 Å². The predicted octanol–water partition coefficient (Wildman–Crippen LogP) is 5.23. The number of ketones is 2. The number of fused-ring (bicyclic) bond motifs is 1. The number of carbonyl (C=O) groups is 2. The third kappa shape index (κ3) is 4.68. The largest absolute Gasteiger partial charge is 0.486 e. The summed E-state index contributed by atoms with van der Waals surface area (Å²) in [7, 11) is 0. The molecule has 2 aromatic carbocycles. The molecule has 3 aromatic rings. The summed E-state index contributed by atoms with van der Waals surface area (Å²) >= 11 is 6.10. The van der Waals surface area contributed by atoms with Crippen LogP contribution < -0.4 is 4.74 Å². The van der Waals surface area contributed by atoms with Gasteiger partial charge in [-0.05, 0) is 76.2 Å². The molecule has 31 heavy (non-hydrogen) atoms. The van der Waals surface area contributed by atoms with Crippen molar-refractivity contribution in [1.29, 1.82) is 0 Å². The maximum absolute atomic E-state index is 13.4. The first-order valence-electron chi connectivity index (χ1n) is 10.7. The molecule has 4 rings (SSSR count). The Balaban J connectivity index is 1.79. The second-order valence-corrected chi connectivity index (χ2v) is 8.64. The SMILES string of the molecule is CC(=O)COc1ccc2c(C(=O)CN3CCCCC3)c(C)n(-c3ccc(Cl)cc3)c2c1. The van der Waals surface area contributed by atoms with Crippen LogP contribution in [0, 0.1) is 6.92 Å². The highest BCUT2D eigenvalue weighted by Gasteiger charge is 2.23. The molecule has 0 aliphatic carbocycles. The van der Waals surface area contributed by atoms with Gasteiger partial charge in [0.25, 0.3) is 0 Å². The van der Waals surface area contributed by atoms with Crippen LogP contribution in [0.25, 0.3) is 16.6 Å². The fourth-order valence-corrected chi connectivity index (χ4v) is 4.47. The zero-order valence-corrected chi connectivity index (χ0v) is 18.7. The molecule has 0 amide bonds. The van der Waals surface area contributed by atoms with Gasteiger partial charge in [0.2, 0.25) is 0 Å². The lowest BCUT2D eigenvalue weighted by atomic mass is 10.0. The second-order valence-electron chi connectivity index (χ2n) is 8.20. The van der Waals surface area contributed by atoms with E-state index in [-0.39, 0.29) is 18.2 Å². The molecule has 0 N–H and O–H groups in total. The lowest BCUT2D eigenvalue weighted by Crippen LogP contribution is -2.34. The van der Waals surface area contributed by atoms with Gasteiger partial charge in [0, 0.05) is 33.4 Å². The quantitative estimate of drug-likeness (QED) is 0.474. The molecule has 1 aromatic heterocycles. The molecule has 1 fully saturated rings. The van der Waals surface area contributed by atoms with Crippen LogP contribution in [-0.4, -0.2) is 47.3 Å². The minimum atomic E-state index is -0.0400. The summed E-state index contributed by atoms with van der Waals surface area (Å²) in [4.78, 5) is 27.0. The lowest BCUT2D eigenvalue weighted by molar-refractivity contribution is -0.118. The number of aromatic nitrogens is 1. The fourth-order valence-electron chi connectivity index (χ4n) is 4.34. The van der Waals surface area contributed by atoms with Gasteiger partial charge in [-0.15, -0.1) is 0 Å². The monoisotopic (exact) mass is 438 g/mol. The van der Waals surface area contributed by atoms with Crippen molar-refractivity contribution in [2.45, 2.75) is 33.1 Å². The molecule has 5 nitrogen and oxygen atoms in total. The number of Topliss-reactive ketones (excluding diaryl/α,β-unsaturated/α-hetero) is 2. The minimum Gasteiger partial charge on any atom is -0.486 e. The fraction of sp³-hybridized carbons (Fsp3) is 0.360. The van der Waals surface area contributed by atoms with Crippen LogP contribution >= 0.6 is 11.6 Å². The first-order valence-corrected chi connectivity index (χ1v) is 11.1. The van der Waals surface area contributed by atoms with E-state index in [0.717, 1.165) is 53.8 Å². The van der Waals surface area contributed by atoms with Crippen molar-refractivity contribution in [2.75, 3.05) is 26.2 Å². The molecule has 1 aliphatic heterocycles. The van der Waals surface area contributed by atoms with E-state index in [9.17, 15) is 9.59 Å². The van der Waals surface area contributed by atoms with E-state index in [0.29, 0.717) is 17.3 Å². The Bertz CT molecular complexity index is 1110. The lowest BCUT2D eigenvalue weighted by Gasteiger charge is -2.25. The molecule has 0 atom stereocenters. The number of nitrogens with zero attached hydrogens (tertiary/aromatic N) is 2. The molecule has 162 valence electrons. The number of benzene rings is 2. The van der Waals surface area contributed by atoms with E-state index in [1.165, 1.54) is 13.3 Å². The van der Waals surface area contributed by atoms with Gasteiger partial charge < -0.3 is 9.30 Å². The van der Waals surface area contributed by atoms with E-state index in [1.807, 2.05) is 49.4 Å². The standard InChI is InChI=1S/C25H27ClN2O3/c1-17(29)16-31-21-10-11-22-23(14-21)28(20-8-6-19(26)7-9-20)18(2)25(22)24(30)15-27-12-4-3-5-13-27/h6-11,14H,3-5,12-13,15-16H2,1-2H3. The van der Waals surface area contributed by atoms with E-state index in [4.69, 9.17) is 16.3 Å². The molecular formula is C25H27ClN2O3. The number of piperidine rings is 1. The van der Waals surface area contributed by atoms with Crippen LogP contribution in [-0.2, 0) is 4.79 Å². The van der Waals surface area contributed by atoms with E-state index >= 15 is 0 Å². The van der Waals surface area contributed by atoms with Crippen molar-refractivity contribution < 1.29 is 14.3 Å². The Morgan fingerprint density at radius 2 is 1.74 bits per heavy atom. The van der Waals surface area contributed by atoms with Crippen LogP contribution in [0.4, 0.5) is 0 Å². The first-order chi connectivity index (χ1) is 14.9. The summed E-state index contributed by atoms with van der Waals surface area (Å²) in [5.41, 5.74) is 3.44. The van der Waals surface area contributed by atoms with Gasteiger partial charge in [0.1, 0.15) is 12.4 Å². The Hall–Kier alpha value is -2.63. The molecule has 0 spiro atoms. The zero-order valence-electron chi connectivity index (χ0n) is 18.0. The summed E-state index contributed by atoms with van der Waals surface area (Å²) in [6, 6.07) is 13.2. The van der Waals surface area contributed by atoms with Gasteiger partial charge in [0.05, 0.1) is 12.1 Å². The number of carbonyl (C=O) groups excluding carboxylic acids is 2. The summed E-state index contributed by atoms with van der Waals surface area (Å²) < 4.78 is 7.70. The van der Waals surface area contributed by atoms with Crippen LogP contribution in [0.3, 0.4) is 0 Å². The normalized spacial score (nSPS) is 14.7. The summed E-state index contributed by atoms with van der Waals surface area (Å²) in [5, 5.41) is 1.55. The number of halogens is 1. The van der Waals surface area contributed by atoms with Crippen molar-refractivity contribution in [2.24, 2.45) is 0 Å². The van der Waals surface area contributed by atoms with Crippen LogP contribution in [0.1, 0.15) is 42.2 Å². The topological polar surface area (TPSA) is 51.5 Å². The molecule has 0 radical (unpaired) electrons. The number of likely N-dealkylation sites (tertiary alicyclic amines) is 1. The molecule has 6 heteroatoms. The van der Waals surface area contributed by atoms with Crippen molar-refractivity contribution in [3.63, 3.8) is 0 Å². The van der Waals surface area contributed by atoms with Gasteiger partial charge in [0.15, 0.2) is 11.6 Å². The van der Waals surface area contributed by atoms with Crippen molar-refractivity contribution in [1.82, 2.24) is 9.47 Å². The van der Waals surface area contributed by atoms with Gasteiger partial charge in [-0.1, -0.05) is 18.0 Å². The number of hydrogen-bond donors (Lipinski definition) is 0. The third-order valence-electron chi connectivity index (χ3n) is 5.80. The number of hydrogen-bond acceptors (Lipinski definition) is 4. The average molecular weight is 439 g/mol. The van der Waals surface area contributed by atoms with E-state index < -0.39 is 0 Å². The van der Waals surface area contributed by atoms with Crippen LogP contribution in [0.2, 0.25) is 5.02 Å². The maximum atomic E-state index is 13.4. The molecule has 2 heterocycles. The van der Waals surface area contributed by atoms with Crippen molar-refractivity contribution in [3.05, 3.63) is 58.7 Å². The first kappa shape index (κ1) is 21.6. The van der Waals surface area contributed by atoms with Gasteiger partial charge in [-0.3, -0.25) is 14.5 Å². The molecular weight excluding hydrogens is 412 g/mol. The van der Waals surface area contributed by atoms with Crippen molar-refractivity contribution in [3.8, 4) is 11.4 Å². The van der Waals surface area contributed by atoms with Gasteiger partial charge in [-0.2, -0.15) is 0 Å². The second kappa shape index (κ2) is 9.25. The maximum Gasteiger partial charge on any atom is 0.179 e. The highest BCUT2D eigenvalue weighted by atomic mass is 35.5. The minimum absolute atomic E-state index is 0.0207. The Morgan fingerprint density at radius 1 is 1.03 bits per heavy atom. The molecule has 0 unspecified atom stereocenters. The Morgan fingerprint density at radius 3 is 2.42 bits per heavy atom. The third-order valence-corrected chi connectivity index (χ3v) is 6.05. The molecule has 1 aliphatic rings. The average Bonchev–Trinajstić information content (AvgIpc) is 3.05. The molecule has 1 saturated heterocycles. The number of ether oxygens (including phenoxy) is 1. The molecule has 0 bridgehead atoms. The van der Waals surface area contributed by atoms with E-state index in [2.05, 4.69) is 9.47 Å². The highest BCUT2D eigenvalue weighted by Crippen LogP contribution is 2.33. The van der Waals surface area contributed by atoms with Crippen molar-refractivity contribution >= 4 is 34.1 Å². The highest BCUT2D eigenvalue weighted by molar-refractivity contribution is 6.30. The predicted molar refractivity (Wildman–Crippen MR) is 124 cm³/mol. The summed E-state index contributed by atoms with van der Waals surface area (Å²) in [6.07, 6.45) is 3.54. The van der Waals surface area contributed by atoms with Gasteiger partial charge >= 0.3 is 0 Å². The van der Waals surface area contributed by atoms with E-state index in [1.54, 1.807) is 0 Å². The summed E-state index contributed by atoms with van der Waals surface area (Å²) in [5.74, 6) is 0.696. The zero-order chi connectivity index (χ0) is 22.0. The summed E-state index contributed by atoms with van der Waals surface area (Å²) in [6.45, 7) is 5.88. The Labute approximate surface area is 187 Å². The Kier molecular flexibility index (Phi) is 6.44. The smallest absolute Gasteiger partial charge is 0.179 e. The van der Waals surface area contributed by atoms with Crippen LogP contribution in [0.15, 0.2) is 42.5 Å². The van der Waals surface area contributed by atoms with Gasteiger partial charge in [-0.25, -0.2) is 0 Å². The molecule has 0 saturated carbocycles.